The summed E-state index contributed by atoms with van der Waals surface area (Å²) >= 11 is 0. The molecule has 2 rings (SSSR count). The summed E-state index contributed by atoms with van der Waals surface area (Å²) in [5, 5.41) is 0. The molecule has 82 valence electrons. The lowest BCUT2D eigenvalue weighted by Gasteiger charge is -2.49. The average Bonchev–Trinajstić information content (AvgIpc) is 2.19. The number of nitrogens with zero attached hydrogens (tertiary/aromatic N) is 1. The largest absolute Gasteiger partial charge is 0.377 e. The molecule has 3 nitrogen and oxygen atoms in total. The minimum atomic E-state index is 0.352. The second kappa shape index (κ2) is 4.60. The van der Waals surface area contributed by atoms with E-state index in [1.54, 1.807) is 0 Å². The van der Waals surface area contributed by atoms with Crippen molar-refractivity contribution in [3.05, 3.63) is 0 Å². The molecule has 0 radical (unpaired) electrons. The first-order chi connectivity index (χ1) is 6.83. The molecule has 2 aliphatic rings. The Morgan fingerprint density at radius 3 is 2.57 bits per heavy atom. The third-order valence-electron chi connectivity index (χ3n) is 3.52. The van der Waals surface area contributed by atoms with Crippen LogP contribution in [-0.2, 0) is 4.74 Å². The van der Waals surface area contributed by atoms with Crippen molar-refractivity contribution in [3.63, 3.8) is 0 Å². The molecule has 0 aromatic heterocycles. The number of hydrogen-bond acceptors (Lipinski definition) is 3. The van der Waals surface area contributed by atoms with Gasteiger partial charge >= 0.3 is 0 Å². The quantitative estimate of drug-likeness (QED) is 0.734. The molecular weight excluding hydrogens is 176 g/mol. The average molecular weight is 198 g/mol. The van der Waals surface area contributed by atoms with Crippen LogP contribution in [0.1, 0.15) is 32.6 Å². The Kier molecular flexibility index (Phi) is 3.42. The van der Waals surface area contributed by atoms with Gasteiger partial charge in [0.1, 0.15) is 0 Å². The lowest BCUT2D eigenvalue weighted by molar-refractivity contribution is -0.0837. The Hall–Kier alpha value is -0.120. The maximum atomic E-state index is 6.05. The van der Waals surface area contributed by atoms with Gasteiger partial charge in [-0.25, -0.2) is 0 Å². The molecule has 1 aliphatic heterocycles. The van der Waals surface area contributed by atoms with Crippen LogP contribution in [0.5, 0.6) is 0 Å². The van der Waals surface area contributed by atoms with E-state index in [0.717, 1.165) is 13.0 Å². The molecule has 0 amide bonds. The second-order valence-corrected chi connectivity index (χ2v) is 4.48. The molecule has 3 unspecified atom stereocenters. The van der Waals surface area contributed by atoms with Crippen LogP contribution >= 0.6 is 0 Å². The van der Waals surface area contributed by atoms with Crippen molar-refractivity contribution in [2.45, 2.75) is 50.8 Å². The first kappa shape index (κ1) is 10.4. The molecule has 3 atom stereocenters. The predicted molar refractivity (Wildman–Crippen MR) is 57.2 cm³/mol. The molecule has 0 aromatic rings. The summed E-state index contributed by atoms with van der Waals surface area (Å²) in [6, 6.07) is 0.861. The zero-order chi connectivity index (χ0) is 9.97. The lowest BCUT2D eigenvalue weighted by Crippen LogP contribution is -2.65. The maximum absolute atomic E-state index is 6.05. The Labute approximate surface area is 86.6 Å². The van der Waals surface area contributed by atoms with E-state index in [9.17, 15) is 0 Å². The topological polar surface area (TPSA) is 38.5 Å². The Balaban J connectivity index is 1.86. The van der Waals surface area contributed by atoms with E-state index in [1.165, 1.54) is 32.4 Å². The van der Waals surface area contributed by atoms with Gasteiger partial charge < -0.3 is 10.5 Å². The Morgan fingerprint density at radius 2 is 2.00 bits per heavy atom. The van der Waals surface area contributed by atoms with Crippen LogP contribution in [-0.4, -0.2) is 42.8 Å². The van der Waals surface area contributed by atoms with Crippen molar-refractivity contribution in [2.75, 3.05) is 19.7 Å². The number of rotatable bonds is 3. The van der Waals surface area contributed by atoms with Crippen LogP contribution in [0.15, 0.2) is 0 Å². The highest BCUT2D eigenvalue weighted by Gasteiger charge is 2.43. The molecular formula is C11H22N2O. The van der Waals surface area contributed by atoms with Crippen LogP contribution in [0.25, 0.3) is 0 Å². The van der Waals surface area contributed by atoms with Gasteiger partial charge in [-0.2, -0.15) is 0 Å². The molecule has 2 fully saturated rings. The van der Waals surface area contributed by atoms with Gasteiger partial charge in [0, 0.05) is 12.6 Å². The highest BCUT2D eigenvalue weighted by atomic mass is 16.5. The van der Waals surface area contributed by atoms with E-state index in [-0.39, 0.29) is 0 Å². The zero-order valence-electron chi connectivity index (χ0n) is 9.11. The van der Waals surface area contributed by atoms with Crippen molar-refractivity contribution in [3.8, 4) is 0 Å². The van der Waals surface area contributed by atoms with Gasteiger partial charge in [-0.1, -0.05) is 6.42 Å². The summed E-state index contributed by atoms with van der Waals surface area (Å²) in [5.41, 5.74) is 6.05. The summed E-state index contributed by atoms with van der Waals surface area (Å²) in [6.07, 6.45) is 5.52. The van der Waals surface area contributed by atoms with Crippen molar-refractivity contribution in [1.82, 2.24) is 4.90 Å². The molecule has 2 N–H and O–H groups in total. The van der Waals surface area contributed by atoms with Crippen LogP contribution in [0.2, 0.25) is 0 Å². The van der Waals surface area contributed by atoms with Crippen LogP contribution in [0, 0.1) is 0 Å². The van der Waals surface area contributed by atoms with E-state index in [2.05, 4.69) is 11.8 Å². The van der Waals surface area contributed by atoms with E-state index in [0.29, 0.717) is 18.2 Å². The van der Waals surface area contributed by atoms with Gasteiger partial charge in [0.05, 0.1) is 12.1 Å². The summed E-state index contributed by atoms with van der Waals surface area (Å²) in [6.45, 7) is 5.34. The standard InChI is InChI=1S/C11H22N2O/c1-2-14-10-8-9(12)11(10)13-6-4-3-5-7-13/h9-11H,2-8,12H2,1H3. The summed E-state index contributed by atoms with van der Waals surface area (Å²) in [5.74, 6) is 0. The minimum absolute atomic E-state index is 0.352. The van der Waals surface area contributed by atoms with E-state index in [4.69, 9.17) is 10.5 Å². The van der Waals surface area contributed by atoms with Gasteiger partial charge in [0.25, 0.3) is 0 Å². The molecule has 0 bridgehead atoms. The fraction of sp³-hybridized carbons (Fsp3) is 1.00. The lowest BCUT2D eigenvalue weighted by atomic mass is 9.81. The first-order valence-electron chi connectivity index (χ1n) is 5.94. The van der Waals surface area contributed by atoms with Crippen LogP contribution in [0.4, 0.5) is 0 Å². The zero-order valence-corrected chi connectivity index (χ0v) is 9.11. The Morgan fingerprint density at radius 1 is 1.29 bits per heavy atom. The smallest absolute Gasteiger partial charge is 0.0760 e. The van der Waals surface area contributed by atoms with Gasteiger partial charge in [-0.15, -0.1) is 0 Å². The molecule has 1 saturated heterocycles. The second-order valence-electron chi connectivity index (χ2n) is 4.48. The van der Waals surface area contributed by atoms with Gasteiger partial charge in [0.15, 0.2) is 0 Å². The van der Waals surface area contributed by atoms with Crippen LogP contribution < -0.4 is 5.73 Å². The minimum Gasteiger partial charge on any atom is -0.377 e. The number of ether oxygens (including phenoxy) is 1. The third-order valence-corrected chi connectivity index (χ3v) is 3.52. The molecule has 0 spiro atoms. The summed E-state index contributed by atoms with van der Waals surface area (Å²) in [4.78, 5) is 2.54. The third kappa shape index (κ3) is 1.95. The van der Waals surface area contributed by atoms with Crippen molar-refractivity contribution >= 4 is 0 Å². The molecule has 0 aromatic carbocycles. The summed E-state index contributed by atoms with van der Waals surface area (Å²) < 4.78 is 5.69. The molecule has 1 saturated carbocycles. The fourth-order valence-electron chi connectivity index (χ4n) is 2.73. The SMILES string of the molecule is CCOC1CC(N)C1N1CCCCC1. The highest BCUT2D eigenvalue weighted by Crippen LogP contribution is 2.29. The molecule has 1 heterocycles. The van der Waals surface area contributed by atoms with Gasteiger partial charge in [0.2, 0.25) is 0 Å². The van der Waals surface area contributed by atoms with Crippen molar-refractivity contribution < 1.29 is 4.74 Å². The number of nitrogens with two attached hydrogens (primary N) is 1. The normalized spacial score (nSPS) is 39.4. The first-order valence-corrected chi connectivity index (χ1v) is 5.94. The molecule has 14 heavy (non-hydrogen) atoms. The van der Waals surface area contributed by atoms with Crippen LogP contribution in [0.3, 0.4) is 0 Å². The van der Waals surface area contributed by atoms with Crippen molar-refractivity contribution in [1.29, 1.82) is 0 Å². The maximum Gasteiger partial charge on any atom is 0.0760 e. The number of piperidine rings is 1. The monoisotopic (exact) mass is 198 g/mol. The molecule has 1 aliphatic carbocycles. The number of hydrogen-bond donors (Lipinski definition) is 1. The Bertz CT molecular complexity index is 178. The predicted octanol–water partition coefficient (Wildman–Crippen LogP) is 0.977. The summed E-state index contributed by atoms with van der Waals surface area (Å²) in [7, 11) is 0. The fourth-order valence-corrected chi connectivity index (χ4v) is 2.73. The highest BCUT2D eigenvalue weighted by molar-refractivity contribution is 5.01. The van der Waals surface area contributed by atoms with E-state index < -0.39 is 0 Å². The number of likely N-dealkylation sites (tertiary alicyclic amines) is 1. The van der Waals surface area contributed by atoms with Crippen molar-refractivity contribution in [2.24, 2.45) is 5.73 Å². The van der Waals surface area contributed by atoms with E-state index in [1.807, 2.05) is 0 Å². The van der Waals surface area contributed by atoms with Gasteiger partial charge in [-0.05, 0) is 39.3 Å². The van der Waals surface area contributed by atoms with Gasteiger partial charge in [-0.3, -0.25) is 4.90 Å². The van der Waals surface area contributed by atoms with E-state index >= 15 is 0 Å². The molecule has 3 heteroatoms.